The average molecular weight is 590 g/mol. The monoisotopic (exact) mass is 589 g/mol. The number of carbonyl (C=O) groups is 4. The predicted molar refractivity (Wildman–Crippen MR) is 129 cm³/mol. The lowest BCUT2D eigenvalue weighted by Crippen LogP contribution is -2.53. The summed E-state index contributed by atoms with van der Waals surface area (Å²) in [5.74, 6) is -5.09. The second-order valence-electron chi connectivity index (χ2n) is 10.9. The number of nitrogens with zero attached hydrogens (tertiary/aromatic N) is 1. The van der Waals surface area contributed by atoms with Crippen LogP contribution in [0, 0.1) is 23.7 Å². The summed E-state index contributed by atoms with van der Waals surface area (Å²) in [6.07, 6.45) is -0.410. The van der Waals surface area contributed by atoms with Crippen LogP contribution in [-0.4, -0.2) is 84.4 Å². The smallest absolute Gasteiger partial charge is 0.402 e. The Kier molecular flexibility index (Phi) is 7.95. The fourth-order valence-corrected chi connectivity index (χ4v) is 6.13. The van der Waals surface area contributed by atoms with E-state index in [1.807, 2.05) is 20.8 Å². The van der Waals surface area contributed by atoms with Gasteiger partial charge in [-0.3, -0.25) is 14.1 Å². The summed E-state index contributed by atoms with van der Waals surface area (Å²) in [5.41, 5.74) is -0.642. The van der Waals surface area contributed by atoms with Crippen molar-refractivity contribution in [2.45, 2.75) is 50.1 Å². The van der Waals surface area contributed by atoms with Gasteiger partial charge in [-0.2, -0.15) is 17.2 Å². The fourth-order valence-electron chi connectivity index (χ4n) is 5.92. The highest BCUT2D eigenvalue weighted by atomic mass is 32.2. The molecule has 40 heavy (non-hydrogen) atoms. The molecule has 220 valence electrons. The Morgan fingerprint density at radius 1 is 1.05 bits per heavy atom. The number of carbonyl (C=O) groups excluding carboxylic acids is 4. The molecule has 3 fully saturated rings. The first kappa shape index (κ1) is 29.8. The molecule has 1 aromatic carbocycles. The lowest BCUT2D eigenvalue weighted by molar-refractivity contribution is -0.168. The van der Waals surface area contributed by atoms with Gasteiger partial charge >= 0.3 is 33.3 Å². The van der Waals surface area contributed by atoms with E-state index < -0.39 is 88.5 Å². The number of halogens is 2. The number of fused-ring (bicyclic) bond motifs is 1. The van der Waals surface area contributed by atoms with Crippen molar-refractivity contribution < 1.29 is 59.9 Å². The van der Waals surface area contributed by atoms with Crippen molar-refractivity contribution in [2.24, 2.45) is 23.7 Å². The Morgan fingerprint density at radius 3 is 2.27 bits per heavy atom. The molecule has 0 spiro atoms. The molecule has 6 unspecified atom stereocenters. The van der Waals surface area contributed by atoms with Gasteiger partial charge in [-0.05, 0) is 45.2 Å². The molecule has 3 aliphatic rings. The van der Waals surface area contributed by atoms with E-state index in [1.165, 1.54) is 0 Å². The number of esters is 3. The lowest BCUT2D eigenvalue weighted by atomic mass is 9.78. The number of para-hydroxylation sites is 1. The molecule has 1 aliphatic heterocycles. The molecule has 4 rings (SSSR count). The minimum Gasteiger partial charge on any atom is -0.458 e. The summed E-state index contributed by atoms with van der Waals surface area (Å²) in [6.45, 7) is 1.77. The molecule has 1 heterocycles. The Labute approximate surface area is 228 Å². The molecule has 2 bridgehead atoms. The average Bonchev–Trinajstić information content (AvgIpc) is 3.45. The number of hydrogen-bond acceptors (Lipinski definition) is 10. The second kappa shape index (κ2) is 10.7. The van der Waals surface area contributed by atoms with E-state index in [4.69, 9.17) is 18.8 Å². The van der Waals surface area contributed by atoms with Crippen molar-refractivity contribution in [3.63, 3.8) is 0 Å². The molecule has 6 atom stereocenters. The number of benzene rings is 1. The molecular formula is C25H29F2NO11S. The minimum absolute atomic E-state index is 0.223. The zero-order chi connectivity index (χ0) is 29.6. The van der Waals surface area contributed by atoms with Gasteiger partial charge in [-0.1, -0.05) is 18.2 Å². The van der Waals surface area contributed by atoms with Crippen LogP contribution in [0.2, 0.25) is 0 Å². The summed E-state index contributed by atoms with van der Waals surface area (Å²) >= 11 is 0. The molecule has 1 N–H and O–H groups in total. The zero-order valence-electron chi connectivity index (χ0n) is 21.8. The fraction of sp³-hybridized carbons (Fsp3) is 0.600. The van der Waals surface area contributed by atoms with Crippen LogP contribution in [0.3, 0.4) is 0 Å². The van der Waals surface area contributed by atoms with Gasteiger partial charge in [0.2, 0.25) is 5.91 Å². The van der Waals surface area contributed by atoms with E-state index in [0.717, 1.165) is 0 Å². The Balaban J connectivity index is 1.41. The number of likely N-dealkylation sites (tertiary alicyclic amines) is 1. The SMILES string of the molecule is CC(C)(C)N1C(=O)C2C3CC(C(OC(=O)COCC(=O)OCC(F)(F)S(=O)(=O)O)C31)C2C(=O)Oc1ccccc1. The quantitative estimate of drug-likeness (QED) is 0.239. The van der Waals surface area contributed by atoms with Gasteiger partial charge in [-0.25, -0.2) is 9.59 Å². The van der Waals surface area contributed by atoms with Gasteiger partial charge < -0.3 is 23.8 Å². The molecule has 0 radical (unpaired) electrons. The van der Waals surface area contributed by atoms with Crippen LogP contribution in [0.25, 0.3) is 0 Å². The lowest BCUT2D eigenvalue weighted by Gasteiger charge is -2.40. The van der Waals surface area contributed by atoms with Gasteiger partial charge in [0.25, 0.3) is 0 Å². The molecule has 2 aliphatic carbocycles. The first-order chi connectivity index (χ1) is 18.5. The van der Waals surface area contributed by atoms with E-state index in [-0.39, 0.29) is 11.8 Å². The van der Waals surface area contributed by atoms with Crippen molar-refractivity contribution >= 4 is 33.9 Å². The molecule has 2 saturated carbocycles. The van der Waals surface area contributed by atoms with Crippen LogP contribution in [0.4, 0.5) is 8.78 Å². The molecule has 15 heteroatoms. The number of alkyl halides is 2. The van der Waals surface area contributed by atoms with Crippen LogP contribution in [0.1, 0.15) is 27.2 Å². The number of rotatable bonds is 10. The predicted octanol–water partition coefficient (Wildman–Crippen LogP) is 1.44. The van der Waals surface area contributed by atoms with Crippen LogP contribution < -0.4 is 4.74 Å². The summed E-state index contributed by atoms with van der Waals surface area (Å²) < 4.78 is 76.1. The topological polar surface area (TPSA) is 163 Å². The van der Waals surface area contributed by atoms with E-state index in [1.54, 1.807) is 35.2 Å². The summed E-state index contributed by atoms with van der Waals surface area (Å²) in [4.78, 5) is 52.6. The molecule has 1 saturated heterocycles. The number of amides is 1. The largest absolute Gasteiger partial charge is 0.458 e. The van der Waals surface area contributed by atoms with Gasteiger partial charge in [0.05, 0.1) is 17.9 Å². The van der Waals surface area contributed by atoms with Gasteiger partial charge in [0.15, 0.2) is 6.61 Å². The molecule has 1 amide bonds. The maximum absolute atomic E-state index is 13.5. The van der Waals surface area contributed by atoms with Crippen LogP contribution in [0.5, 0.6) is 5.75 Å². The first-order valence-electron chi connectivity index (χ1n) is 12.4. The number of hydrogen-bond donors (Lipinski definition) is 1. The summed E-state index contributed by atoms with van der Waals surface area (Å²) in [7, 11) is -5.79. The third-order valence-electron chi connectivity index (χ3n) is 7.31. The van der Waals surface area contributed by atoms with Crippen LogP contribution in [0.15, 0.2) is 30.3 Å². The Hall–Kier alpha value is -3.17. The first-order valence-corrected chi connectivity index (χ1v) is 13.8. The Morgan fingerprint density at radius 2 is 1.68 bits per heavy atom. The standard InChI is InChI=1S/C25H29F2NO11S/c1-24(2,3)28-20-14-9-15(19(18(14)22(28)31)23(32)38-13-7-5-4-6-8-13)21(20)39-17(30)11-36-10-16(29)37-12-25(26,27)40(33,34)35/h4-8,14-15,18-21H,9-12H2,1-3H3,(H,33,34,35). The van der Waals surface area contributed by atoms with Crippen LogP contribution >= 0.6 is 0 Å². The summed E-state index contributed by atoms with van der Waals surface area (Å²) in [5, 5.41) is -4.71. The van der Waals surface area contributed by atoms with Crippen LogP contribution in [-0.2, 0) is 43.5 Å². The maximum Gasteiger partial charge on any atom is 0.402 e. The molecular weight excluding hydrogens is 560 g/mol. The highest BCUT2D eigenvalue weighted by molar-refractivity contribution is 7.86. The van der Waals surface area contributed by atoms with Crippen molar-refractivity contribution in [1.29, 1.82) is 0 Å². The second-order valence-corrected chi connectivity index (χ2v) is 12.5. The zero-order valence-corrected chi connectivity index (χ0v) is 22.6. The third kappa shape index (κ3) is 5.67. The van der Waals surface area contributed by atoms with Gasteiger partial charge in [0.1, 0.15) is 25.1 Å². The van der Waals surface area contributed by atoms with Crippen molar-refractivity contribution in [3.8, 4) is 5.75 Å². The van der Waals surface area contributed by atoms with E-state index in [9.17, 15) is 36.4 Å². The Bertz CT molecular complexity index is 1280. The third-order valence-corrected chi connectivity index (χ3v) is 8.19. The van der Waals surface area contributed by atoms with Crippen molar-refractivity contribution in [3.05, 3.63) is 30.3 Å². The van der Waals surface area contributed by atoms with E-state index in [2.05, 4.69) is 4.74 Å². The van der Waals surface area contributed by atoms with Gasteiger partial charge in [-0.15, -0.1) is 0 Å². The van der Waals surface area contributed by atoms with Crippen molar-refractivity contribution in [1.82, 2.24) is 4.90 Å². The normalized spacial score (nSPS) is 27.6. The number of ether oxygens (including phenoxy) is 4. The highest BCUT2D eigenvalue weighted by Crippen LogP contribution is 2.61. The van der Waals surface area contributed by atoms with E-state index >= 15 is 0 Å². The molecule has 1 aromatic rings. The molecule has 12 nitrogen and oxygen atoms in total. The molecule has 0 aromatic heterocycles. The summed E-state index contributed by atoms with van der Waals surface area (Å²) in [6, 6.07) is 7.88. The van der Waals surface area contributed by atoms with Crippen molar-refractivity contribution in [2.75, 3.05) is 19.8 Å². The minimum atomic E-state index is -5.79. The van der Waals surface area contributed by atoms with E-state index in [0.29, 0.717) is 12.2 Å². The van der Waals surface area contributed by atoms with Gasteiger partial charge in [0, 0.05) is 11.5 Å². The highest BCUT2D eigenvalue weighted by Gasteiger charge is 2.72. The maximum atomic E-state index is 13.5.